The quantitative estimate of drug-likeness (QED) is 0.600. The zero-order chi connectivity index (χ0) is 17.8. The maximum absolute atomic E-state index is 6.40. The number of nitrogens with two attached hydrogens (primary N) is 1. The Bertz CT molecular complexity index is 883. The van der Waals surface area contributed by atoms with E-state index in [1.54, 1.807) is 18.9 Å². The van der Waals surface area contributed by atoms with Crippen LogP contribution >= 0.6 is 23.4 Å². The monoisotopic (exact) mass is 375 g/mol. The molecule has 3 aromatic rings. The van der Waals surface area contributed by atoms with Crippen LogP contribution in [0.3, 0.4) is 0 Å². The molecule has 25 heavy (non-hydrogen) atoms. The Hall–Kier alpha value is -2.38. The molecule has 0 saturated carbocycles. The van der Waals surface area contributed by atoms with Crippen LogP contribution in [-0.2, 0) is 6.54 Å². The Labute approximate surface area is 155 Å². The van der Waals surface area contributed by atoms with E-state index in [1.165, 1.54) is 0 Å². The number of anilines is 2. The highest BCUT2D eigenvalue weighted by atomic mass is 35.5. The molecule has 0 aliphatic heterocycles. The highest BCUT2D eigenvalue weighted by Gasteiger charge is 2.11. The van der Waals surface area contributed by atoms with Crippen LogP contribution in [0.1, 0.15) is 11.1 Å². The molecule has 130 valence electrons. The largest absolute Gasteiger partial charge is 0.496 e. The lowest BCUT2D eigenvalue weighted by molar-refractivity contribution is 0.411. The van der Waals surface area contributed by atoms with Crippen LogP contribution < -0.4 is 15.8 Å². The summed E-state index contributed by atoms with van der Waals surface area (Å²) in [6.07, 6.45) is 0. The minimum atomic E-state index is 0.268. The first-order chi connectivity index (χ1) is 12.1. The van der Waals surface area contributed by atoms with E-state index in [2.05, 4.69) is 26.6 Å². The van der Waals surface area contributed by atoms with E-state index in [1.807, 2.05) is 37.3 Å². The summed E-state index contributed by atoms with van der Waals surface area (Å²) in [7, 11) is 1.67. The molecule has 0 unspecified atom stereocenters. The average Bonchev–Trinajstić information content (AvgIpc) is 3.00. The van der Waals surface area contributed by atoms with Gasteiger partial charge >= 0.3 is 0 Å². The second-order valence-corrected chi connectivity index (χ2v) is 6.88. The number of aromatic amines is 1. The molecule has 8 heteroatoms. The van der Waals surface area contributed by atoms with Crippen LogP contribution in [0.15, 0.2) is 46.2 Å². The van der Waals surface area contributed by atoms with Gasteiger partial charge in [-0.25, -0.2) is 0 Å². The fourth-order valence-corrected chi connectivity index (χ4v) is 3.75. The van der Waals surface area contributed by atoms with Gasteiger partial charge in [0.15, 0.2) is 0 Å². The SMILES string of the molecule is COc1ccc(Sc2cccc(Cl)c2CNc2nnc(N)[nH]2)cc1C. The molecule has 1 heterocycles. The van der Waals surface area contributed by atoms with Gasteiger partial charge in [0.2, 0.25) is 11.9 Å². The third-order valence-corrected chi connectivity index (χ3v) is 5.05. The van der Waals surface area contributed by atoms with Gasteiger partial charge in [-0.1, -0.05) is 29.4 Å². The van der Waals surface area contributed by atoms with Crippen LogP contribution in [0.25, 0.3) is 0 Å². The van der Waals surface area contributed by atoms with Crippen molar-refractivity contribution in [3.8, 4) is 5.75 Å². The zero-order valence-corrected chi connectivity index (χ0v) is 15.4. The number of ether oxygens (including phenoxy) is 1. The van der Waals surface area contributed by atoms with Crippen molar-refractivity contribution in [2.75, 3.05) is 18.2 Å². The minimum absolute atomic E-state index is 0.268. The van der Waals surface area contributed by atoms with Crippen LogP contribution in [0.2, 0.25) is 5.02 Å². The number of rotatable bonds is 6. The third-order valence-electron chi connectivity index (χ3n) is 3.61. The van der Waals surface area contributed by atoms with E-state index < -0.39 is 0 Å². The number of nitrogens with zero attached hydrogens (tertiary/aromatic N) is 2. The molecule has 0 radical (unpaired) electrons. The first-order valence-corrected chi connectivity index (χ1v) is 8.78. The van der Waals surface area contributed by atoms with E-state index >= 15 is 0 Å². The van der Waals surface area contributed by atoms with Crippen molar-refractivity contribution in [3.63, 3.8) is 0 Å². The zero-order valence-electron chi connectivity index (χ0n) is 13.8. The molecule has 0 amide bonds. The first kappa shape index (κ1) is 17.4. The summed E-state index contributed by atoms with van der Waals surface area (Å²) < 4.78 is 5.32. The van der Waals surface area contributed by atoms with Gasteiger partial charge in [0.1, 0.15) is 5.75 Å². The van der Waals surface area contributed by atoms with Gasteiger partial charge in [0, 0.05) is 26.9 Å². The number of methoxy groups -OCH3 is 1. The Morgan fingerprint density at radius 2 is 2.12 bits per heavy atom. The van der Waals surface area contributed by atoms with Gasteiger partial charge in [0.25, 0.3) is 0 Å². The van der Waals surface area contributed by atoms with Gasteiger partial charge < -0.3 is 15.8 Å². The fourth-order valence-electron chi connectivity index (χ4n) is 2.37. The van der Waals surface area contributed by atoms with Crippen molar-refractivity contribution >= 4 is 35.3 Å². The number of aromatic nitrogens is 3. The third kappa shape index (κ3) is 4.18. The maximum atomic E-state index is 6.40. The highest BCUT2D eigenvalue weighted by molar-refractivity contribution is 7.99. The second kappa shape index (κ2) is 7.67. The van der Waals surface area contributed by atoms with Crippen molar-refractivity contribution in [3.05, 3.63) is 52.5 Å². The number of benzene rings is 2. The number of halogens is 1. The number of nitrogen functional groups attached to an aromatic ring is 1. The number of hydrogen-bond donors (Lipinski definition) is 3. The fraction of sp³-hybridized carbons (Fsp3) is 0.176. The molecule has 0 bridgehead atoms. The summed E-state index contributed by atoms with van der Waals surface area (Å²) in [5, 5.41) is 11.5. The van der Waals surface area contributed by atoms with E-state index in [0.29, 0.717) is 17.5 Å². The lowest BCUT2D eigenvalue weighted by Crippen LogP contribution is -2.03. The summed E-state index contributed by atoms with van der Waals surface area (Å²) in [4.78, 5) is 5.02. The summed E-state index contributed by atoms with van der Waals surface area (Å²) in [5.41, 5.74) is 7.61. The van der Waals surface area contributed by atoms with Crippen molar-refractivity contribution in [1.82, 2.24) is 15.2 Å². The molecule has 0 atom stereocenters. The molecule has 0 aliphatic carbocycles. The van der Waals surface area contributed by atoms with Crippen molar-refractivity contribution in [1.29, 1.82) is 0 Å². The molecule has 0 saturated heterocycles. The smallest absolute Gasteiger partial charge is 0.223 e. The van der Waals surface area contributed by atoms with Gasteiger partial charge in [-0.05, 0) is 42.8 Å². The number of nitrogens with one attached hydrogen (secondary N) is 2. The summed E-state index contributed by atoms with van der Waals surface area (Å²) in [6.45, 7) is 2.53. The van der Waals surface area contributed by atoms with Gasteiger partial charge in [-0.3, -0.25) is 4.98 Å². The standard InChI is InChI=1S/C17H18ClN5OS/c1-10-8-11(6-7-14(10)24-2)25-15-5-3-4-13(18)12(15)9-20-17-21-16(19)22-23-17/h3-8H,9H2,1-2H3,(H4,19,20,21,22,23). The van der Waals surface area contributed by atoms with Crippen LogP contribution in [-0.4, -0.2) is 22.3 Å². The summed E-state index contributed by atoms with van der Waals surface area (Å²) in [5.74, 6) is 1.65. The van der Waals surface area contributed by atoms with Gasteiger partial charge in [-0.2, -0.15) is 0 Å². The van der Waals surface area contributed by atoms with Crippen molar-refractivity contribution in [2.45, 2.75) is 23.3 Å². The average molecular weight is 376 g/mol. The molecule has 2 aromatic carbocycles. The van der Waals surface area contributed by atoms with Gasteiger partial charge in [0.05, 0.1) is 7.11 Å². The molecule has 4 N–H and O–H groups in total. The molecular formula is C17H18ClN5OS. The van der Waals surface area contributed by atoms with Gasteiger partial charge in [-0.15, -0.1) is 10.2 Å². The number of aryl methyl sites for hydroxylation is 1. The minimum Gasteiger partial charge on any atom is -0.496 e. The Kier molecular flexibility index (Phi) is 5.35. The second-order valence-electron chi connectivity index (χ2n) is 5.36. The van der Waals surface area contributed by atoms with E-state index in [0.717, 1.165) is 26.7 Å². The summed E-state index contributed by atoms with van der Waals surface area (Å²) in [6, 6.07) is 12.0. The number of hydrogen-bond acceptors (Lipinski definition) is 6. The molecule has 0 spiro atoms. The molecule has 1 aromatic heterocycles. The van der Waals surface area contributed by atoms with Crippen LogP contribution in [0.4, 0.5) is 11.9 Å². The summed E-state index contributed by atoms with van der Waals surface area (Å²) >= 11 is 8.05. The predicted octanol–water partition coefficient (Wildman–Crippen LogP) is 4.12. The molecule has 3 rings (SSSR count). The topological polar surface area (TPSA) is 88.8 Å². The molecule has 0 aliphatic rings. The highest BCUT2D eigenvalue weighted by Crippen LogP contribution is 2.35. The first-order valence-electron chi connectivity index (χ1n) is 7.58. The number of H-pyrrole nitrogens is 1. The van der Waals surface area contributed by atoms with Crippen LogP contribution in [0, 0.1) is 6.92 Å². The molecule has 0 fully saturated rings. The normalized spacial score (nSPS) is 10.7. The van der Waals surface area contributed by atoms with E-state index in [9.17, 15) is 0 Å². The Balaban J connectivity index is 1.81. The lowest BCUT2D eigenvalue weighted by atomic mass is 10.2. The van der Waals surface area contributed by atoms with E-state index in [4.69, 9.17) is 22.1 Å². The van der Waals surface area contributed by atoms with Crippen molar-refractivity contribution in [2.24, 2.45) is 0 Å². The Morgan fingerprint density at radius 1 is 1.28 bits per heavy atom. The van der Waals surface area contributed by atoms with Crippen LogP contribution in [0.5, 0.6) is 5.75 Å². The predicted molar refractivity (Wildman–Crippen MR) is 101 cm³/mol. The van der Waals surface area contributed by atoms with E-state index in [-0.39, 0.29) is 5.95 Å². The van der Waals surface area contributed by atoms with Crippen molar-refractivity contribution < 1.29 is 4.74 Å². The lowest BCUT2D eigenvalue weighted by Gasteiger charge is -2.13. The Morgan fingerprint density at radius 3 is 2.80 bits per heavy atom. The molecule has 6 nitrogen and oxygen atoms in total. The maximum Gasteiger partial charge on any atom is 0.223 e. The molecular weight excluding hydrogens is 358 g/mol.